The summed E-state index contributed by atoms with van der Waals surface area (Å²) in [4.78, 5) is 25.9. The van der Waals surface area contributed by atoms with E-state index in [1.807, 2.05) is 36.4 Å². The Kier molecular flexibility index (Phi) is 9.56. The highest BCUT2D eigenvalue weighted by molar-refractivity contribution is 7.89. The quantitative estimate of drug-likeness (QED) is 0.231. The van der Waals surface area contributed by atoms with E-state index in [9.17, 15) is 13.2 Å². The molecule has 44 heavy (non-hydrogen) atoms. The number of aromatic nitrogens is 2. The maximum atomic E-state index is 13.7. The van der Waals surface area contributed by atoms with Crippen molar-refractivity contribution in [3.05, 3.63) is 77.9 Å². The number of ether oxygens (including phenoxy) is 1. The molecule has 0 bridgehead atoms. The van der Waals surface area contributed by atoms with Gasteiger partial charge in [-0.1, -0.05) is 79.5 Å². The number of benzene rings is 2. The number of rotatable bonds is 11. The number of amides is 1. The minimum Gasteiger partial charge on any atom is -0.481 e. The van der Waals surface area contributed by atoms with Crippen molar-refractivity contribution >= 4 is 42.7 Å². The Morgan fingerprint density at radius 3 is 2.41 bits per heavy atom. The van der Waals surface area contributed by atoms with Gasteiger partial charge in [0.1, 0.15) is 10.3 Å². The average molecular weight is 634 g/mol. The first-order valence-electron chi connectivity index (χ1n) is 15.4. The Labute approximate surface area is 263 Å². The van der Waals surface area contributed by atoms with Gasteiger partial charge in [-0.15, -0.1) is 0 Å². The second-order valence-electron chi connectivity index (χ2n) is 11.7. The molecule has 1 saturated heterocycles. The molecule has 4 aromatic rings. The highest BCUT2D eigenvalue weighted by Gasteiger charge is 2.31. The predicted molar refractivity (Wildman–Crippen MR) is 174 cm³/mol. The predicted octanol–water partition coefficient (Wildman–Crippen LogP) is 5.55. The fourth-order valence-corrected chi connectivity index (χ4v) is 8.54. The number of nitrogens with one attached hydrogen (secondary N) is 1. The molecule has 1 N–H and O–H groups in total. The summed E-state index contributed by atoms with van der Waals surface area (Å²) in [6.45, 7) is 3.27. The first-order valence-corrected chi connectivity index (χ1v) is 17.6. The van der Waals surface area contributed by atoms with Gasteiger partial charge >= 0.3 is 0 Å². The zero-order valence-corrected chi connectivity index (χ0v) is 26.7. The third kappa shape index (κ3) is 7.12. The Morgan fingerprint density at radius 2 is 1.70 bits per heavy atom. The number of piperazine rings is 1. The summed E-state index contributed by atoms with van der Waals surface area (Å²) in [7, 11) is -2.06. The van der Waals surface area contributed by atoms with Crippen molar-refractivity contribution < 1.29 is 17.9 Å². The smallest absolute Gasteiger partial charge is 0.243 e. The fraction of sp³-hybridized carbons (Fsp3) is 0.424. The summed E-state index contributed by atoms with van der Waals surface area (Å²) in [5.41, 5.74) is 2.81. The number of anilines is 1. The number of carbonyl (C=O) groups is 1. The highest BCUT2D eigenvalue weighted by atomic mass is 32.2. The van der Waals surface area contributed by atoms with Crippen molar-refractivity contribution in [2.24, 2.45) is 5.92 Å². The van der Waals surface area contributed by atoms with E-state index in [2.05, 4.69) is 32.3 Å². The first-order chi connectivity index (χ1) is 21.4. The van der Waals surface area contributed by atoms with Crippen molar-refractivity contribution in [2.45, 2.75) is 49.3 Å². The van der Waals surface area contributed by atoms with Crippen LogP contribution in [0.3, 0.4) is 0 Å². The fourth-order valence-electron chi connectivity index (χ4n) is 6.28. The van der Waals surface area contributed by atoms with Gasteiger partial charge in [-0.25, -0.2) is 18.4 Å². The molecule has 232 valence electrons. The van der Waals surface area contributed by atoms with Gasteiger partial charge in [-0.05, 0) is 48.1 Å². The third-order valence-electron chi connectivity index (χ3n) is 8.84. The molecule has 0 spiro atoms. The summed E-state index contributed by atoms with van der Waals surface area (Å²) in [6, 6.07) is 20.9. The molecule has 6 rings (SSSR count). The van der Waals surface area contributed by atoms with Gasteiger partial charge in [0.2, 0.25) is 21.8 Å². The molecule has 2 aromatic carbocycles. The molecular weight excluding hydrogens is 595 g/mol. The van der Waals surface area contributed by atoms with Gasteiger partial charge in [0.05, 0.1) is 17.9 Å². The van der Waals surface area contributed by atoms with Crippen molar-refractivity contribution in [2.75, 3.05) is 45.2 Å². The molecule has 11 heteroatoms. The van der Waals surface area contributed by atoms with Crippen LogP contribution in [0.1, 0.15) is 49.1 Å². The lowest BCUT2D eigenvalue weighted by Gasteiger charge is -2.34. The van der Waals surface area contributed by atoms with E-state index in [0.717, 1.165) is 37.8 Å². The van der Waals surface area contributed by atoms with Gasteiger partial charge in [-0.2, -0.15) is 4.31 Å². The van der Waals surface area contributed by atoms with Crippen LogP contribution in [0.15, 0.2) is 71.6 Å². The second-order valence-corrected chi connectivity index (χ2v) is 14.6. The lowest BCUT2D eigenvalue weighted by atomic mass is 9.87. The summed E-state index contributed by atoms with van der Waals surface area (Å²) in [5, 5.41) is 3.51. The van der Waals surface area contributed by atoms with Crippen LogP contribution in [-0.2, 0) is 21.2 Å². The van der Waals surface area contributed by atoms with Crippen LogP contribution in [0.5, 0.6) is 5.88 Å². The van der Waals surface area contributed by atoms with Crippen LogP contribution in [0.4, 0.5) is 5.13 Å². The lowest BCUT2D eigenvalue weighted by molar-refractivity contribution is -0.118. The van der Waals surface area contributed by atoms with E-state index >= 15 is 0 Å². The van der Waals surface area contributed by atoms with Crippen LogP contribution in [-0.4, -0.2) is 73.3 Å². The number of nitrogens with zero attached hydrogens (tertiary/aromatic N) is 4. The second kappa shape index (κ2) is 13.7. The number of sulfonamides is 1. The number of hydrogen-bond donors (Lipinski definition) is 1. The van der Waals surface area contributed by atoms with Crippen molar-refractivity contribution in [1.29, 1.82) is 0 Å². The molecule has 1 unspecified atom stereocenters. The number of thiazole rings is 1. The minimum atomic E-state index is -3.63. The van der Waals surface area contributed by atoms with Gasteiger partial charge in [0, 0.05) is 38.8 Å². The number of fused-ring (bicyclic) bond motifs is 1. The zero-order chi connectivity index (χ0) is 30.5. The van der Waals surface area contributed by atoms with Gasteiger partial charge in [0.25, 0.3) is 0 Å². The molecule has 2 fully saturated rings. The van der Waals surface area contributed by atoms with Crippen molar-refractivity contribution in [3.8, 4) is 5.88 Å². The summed E-state index contributed by atoms with van der Waals surface area (Å²) in [5.74, 6) is 0.425. The van der Waals surface area contributed by atoms with E-state index in [1.165, 1.54) is 29.7 Å². The Hall–Kier alpha value is -3.38. The first kappa shape index (κ1) is 30.6. The molecule has 1 atom stereocenters. The maximum Gasteiger partial charge on any atom is 0.243 e. The number of hydrogen-bond acceptors (Lipinski definition) is 8. The summed E-state index contributed by atoms with van der Waals surface area (Å²) >= 11 is 1.31. The van der Waals surface area contributed by atoms with E-state index in [1.54, 1.807) is 29.6 Å². The molecular formula is C33H39N5O4S2. The third-order valence-corrected chi connectivity index (χ3v) is 11.6. The zero-order valence-electron chi connectivity index (χ0n) is 25.0. The molecule has 3 heterocycles. The van der Waals surface area contributed by atoms with Crippen LogP contribution < -0.4 is 10.1 Å². The molecule has 2 aromatic heterocycles. The monoisotopic (exact) mass is 633 g/mol. The topological polar surface area (TPSA) is 105 Å². The van der Waals surface area contributed by atoms with E-state index < -0.39 is 15.9 Å². The number of pyridine rings is 1. The van der Waals surface area contributed by atoms with Crippen LogP contribution >= 0.6 is 11.3 Å². The Bertz CT molecular complexity index is 1660. The molecule has 1 amide bonds. The Morgan fingerprint density at radius 1 is 0.977 bits per heavy atom. The number of methoxy groups -OCH3 is 1. The minimum absolute atomic E-state index is 0.134. The number of carbonyl (C=O) groups excluding carboxylic acids is 1. The molecule has 1 saturated carbocycles. The molecule has 1 aliphatic heterocycles. The van der Waals surface area contributed by atoms with Gasteiger partial charge < -0.3 is 15.0 Å². The van der Waals surface area contributed by atoms with Gasteiger partial charge in [0.15, 0.2) is 5.13 Å². The summed E-state index contributed by atoms with van der Waals surface area (Å²) in [6.07, 6.45) is 6.26. The van der Waals surface area contributed by atoms with E-state index in [-0.39, 0.29) is 10.8 Å². The molecule has 9 nitrogen and oxygen atoms in total. The van der Waals surface area contributed by atoms with E-state index in [4.69, 9.17) is 4.74 Å². The normalized spacial score (nSPS) is 17.6. The molecule has 0 radical (unpaired) electrons. The van der Waals surface area contributed by atoms with Gasteiger partial charge in [-0.3, -0.25) is 4.79 Å². The summed E-state index contributed by atoms with van der Waals surface area (Å²) < 4.78 is 33.9. The van der Waals surface area contributed by atoms with Crippen LogP contribution in [0, 0.1) is 5.92 Å². The molecule has 2 aliphatic rings. The largest absolute Gasteiger partial charge is 0.481 e. The average Bonchev–Trinajstić information content (AvgIpc) is 3.72. The van der Waals surface area contributed by atoms with Crippen LogP contribution in [0.2, 0.25) is 0 Å². The lowest BCUT2D eigenvalue weighted by Crippen LogP contribution is -2.49. The SMILES string of the molecule is COc1ccc2nc(NC(=O)C(CC3CCCC3)c3ccc(S(=O)(=O)N4CCN(CCc5ccccc5)CC4)cc3)sc2n1. The van der Waals surface area contributed by atoms with Crippen molar-refractivity contribution in [1.82, 2.24) is 19.2 Å². The van der Waals surface area contributed by atoms with Crippen molar-refractivity contribution in [3.63, 3.8) is 0 Å². The highest BCUT2D eigenvalue weighted by Crippen LogP contribution is 2.36. The molecule has 1 aliphatic carbocycles. The Balaban J connectivity index is 1.12. The van der Waals surface area contributed by atoms with E-state index in [0.29, 0.717) is 53.5 Å². The maximum absolute atomic E-state index is 13.7. The van der Waals surface area contributed by atoms with Crippen LogP contribution in [0.25, 0.3) is 10.3 Å². The standard InChI is InChI=1S/C33H39N5O4S2/c1-42-30-16-15-29-32(35-30)43-33(34-29)36-31(39)28(23-25-9-5-6-10-25)26-11-13-27(14-12-26)44(40,41)38-21-19-37(20-22-38)18-17-24-7-3-2-4-8-24/h2-4,7-8,11-16,25,28H,5-6,9-10,17-23H2,1H3,(H,34,36,39).